The van der Waals surface area contributed by atoms with Crippen LogP contribution in [-0.4, -0.2) is 34.3 Å². The Kier molecular flexibility index (Phi) is 4.99. The van der Waals surface area contributed by atoms with Gasteiger partial charge in [-0.15, -0.1) is 0 Å². The van der Waals surface area contributed by atoms with Gasteiger partial charge in [0.2, 0.25) is 0 Å². The van der Waals surface area contributed by atoms with Gasteiger partial charge in [-0.05, 0) is 44.4 Å². The predicted octanol–water partition coefficient (Wildman–Crippen LogP) is 3.06. The lowest BCUT2D eigenvalue weighted by Gasteiger charge is -2.29. The van der Waals surface area contributed by atoms with Crippen molar-refractivity contribution in [2.75, 3.05) is 6.54 Å². The minimum absolute atomic E-state index is 0.0193. The molecule has 1 atom stereocenters. The molecular weight excluding hydrogens is 266 g/mol. The Labute approximate surface area is 125 Å². The van der Waals surface area contributed by atoms with Crippen molar-refractivity contribution in [3.8, 4) is 5.75 Å². The molecule has 1 N–H and O–H groups in total. The van der Waals surface area contributed by atoms with E-state index in [2.05, 4.69) is 0 Å². The van der Waals surface area contributed by atoms with Gasteiger partial charge in [0.15, 0.2) is 0 Å². The summed E-state index contributed by atoms with van der Waals surface area (Å²) >= 11 is 0. The van der Waals surface area contributed by atoms with Crippen molar-refractivity contribution in [3.63, 3.8) is 0 Å². The Morgan fingerprint density at radius 3 is 2.71 bits per heavy atom. The molecule has 0 aliphatic carbocycles. The number of Topliss-reactive ketones (excluding diaryl/α,β-unsaturated/α-hetero) is 1. The molecule has 114 valence electrons. The van der Waals surface area contributed by atoms with Crippen LogP contribution in [0.4, 0.5) is 0 Å². The molecule has 1 amide bonds. The number of hydrogen-bond donors (Lipinski definition) is 1. The number of aromatic hydroxyl groups is 1. The number of benzene rings is 1. The van der Waals surface area contributed by atoms with Gasteiger partial charge in [-0.25, -0.2) is 0 Å². The summed E-state index contributed by atoms with van der Waals surface area (Å²) in [5.74, 6) is -0.0423. The molecule has 0 radical (unpaired) electrons. The zero-order valence-corrected chi connectivity index (χ0v) is 12.8. The van der Waals surface area contributed by atoms with E-state index in [0.29, 0.717) is 18.5 Å². The minimum atomic E-state index is -0.166. The summed E-state index contributed by atoms with van der Waals surface area (Å²) in [6.07, 6.45) is 4.34. The van der Waals surface area contributed by atoms with Crippen molar-refractivity contribution in [1.29, 1.82) is 0 Å². The molecule has 1 heterocycles. The van der Waals surface area contributed by atoms with E-state index >= 15 is 0 Å². The molecule has 1 aliphatic heterocycles. The summed E-state index contributed by atoms with van der Waals surface area (Å²) in [7, 11) is 0. The van der Waals surface area contributed by atoms with E-state index in [1.54, 1.807) is 24.0 Å². The van der Waals surface area contributed by atoms with Crippen LogP contribution in [0.1, 0.15) is 54.9 Å². The molecule has 0 spiro atoms. The smallest absolute Gasteiger partial charge is 0.257 e. The number of phenolic OH excluding ortho intramolecular Hbond substituents is 1. The van der Waals surface area contributed by atoms with Crippen molar-refractivity contribution in [3.05, 3.63) is 29.3 Å². The fourth-order valence-electron chi connectivity index (χ4n) is 2.97. The molecule has 2 rings (SSSR count). The van der Waals surface area contributed by atoms with Crippen molar-refractivity contribution in [2.24, 2.45) is 0 Å². The third-order valence-electron chi connectivity index (χ3n) is 4.04. The number of carbonyl (C=O) groups is 2. The molecule has 1 saturated heterocycles. The highest BCUT2D eigenvalue weighted by Crippen LogP contribution is 2.25. The van der Waals surface area contributed by atoms with Crippen LogP contribution in [0.2, 0.25) is 0 Å². The number of nitrogens with zero attached hydrogens (tertiary/aromatic N) is 1. The number of hydrogen-bond acceptors (Lipinski definition) is 3. The molecule has 1 unspecified atom stereocenters. The highest BCUT2D eigenvalue weighted by molar-refractivity contribution is 5.97. The Morgan fingerprint density at radius 2 is 2.05 bits per heavy atom. The van der Waals surface area contributed by atoms with Crippen LogP contribution in [0.3, 0.4) is 0 Å². The molecule has 0 saturated carbocycles. The summed E-state index contributed by atoms with van der Waals surface area (Å²) in [5, 5.41) is 10.0. The quantitative estimate of drug-likeness (QED) is 0.930. The van der Waals surface area contributed by atoms with Crippen LogP contribution in [0.5, 0.6) is 5.75 Å². The summed E-state index contributed by atoms with van der Waals surface area (Å²) in [6.45, 7) is 4.10. The largest absolute Gasteiger partial charge is 0.507 e. The first-order chi connectivity index (χ1) is 9.99. The number of likely N-dealkylation sites (tertiary alicyclic amines) is 1. The molecule has 1 aromatic rings. The number of phenols is 1. The van der Waals surface area contributed by atoms with E-state index in [-0.39, 0.29) is 23.5 Å². The van der Waals surface area contributed by atoms with Gasteiger partial charge in [0, 0.05) is 19.0 Å². The van der Waals surface area contributed by atoms with Crippen LogP contribution in [0.25, 0.3) is 0 Å². The Hall–Kier alpha value is -1.84. The second-order valence-electron chi connectivity index (χ2n) is 5.93. The van der Waals surface area contributed by atoms with Gasteiger partial charge in [0.25, 0.3) is 5.91 Å². The monoisotopic (exact) mass is 289 g/mol. The summed E-state index contributed by atoms with van der Waals surface area (Å²) in [6, 6.07) is 5.05. The molecular formula is C17H23NO3. The third-order valence-corrected chi connectivity index (χ3v) is 4.04. The predicted molar refractivity (Wildman–Crippen MR) is 81.4 cm³/mol. The van der Waals surface area contributed by atoms with Crippen LogP contribution >= 0.6 is 0 Å². The Morgan fingerprint density at radius 1 is 1.29 bits per heavy atom. The van der Waals surface area contributed by atoms with E-state index in [0.717, 1.165) is 31.2 Å². The van der Waals surface area contributed by atoms with Crippen LogP contribution in [0.15, 0.2) is 18.2 Å². The number of ketones is 1. The van der Waals surface area contributed by atoms with Crippen LogP contribution < -0.4 is 0 Å². The van der Waals surface area contributed by atoms with Gasteiger partial charge in [-0.3, -0.25) is 9.59 Å². The third kappa shape index (κ3) is 3.84. The lowest BCUT2D eigenvalue weighted by Crippen LogP contribution is -2.41. The Bertz CT molecular complexity index is 539. The van der Waals surface area contributed by atoms with Gasteiger partial charge in [0.05, 0.1) is 5.56 Å². The van der Waals surface area contributed by atoms with Crippen molar-refractivity contribution in [1.82, 2.24) is 4.90 Å². The summed E-state index contributed by atoms with van der Waals surface area (Å²) < 4.78 is 0. The van der Waals surface area contributed by atoms with E-state index < -0.39 is 0 Å². The molecule has 21 heavy (non-hydrogen) atoms. The molecule has 4 heteroatoms. The maximum atomic E-state index is 12.7. The van der Waals surface area contributed by atoms with E-state index in [1.165, 1.54) is 0 Å². The molecule has 0 bridgehead atoms. The normalized spacial score (nSPS) is 19.1. The van der Waals surface area contributed by atoms with Crippen LogP contribution in [-0.2, 0) is 4.79 Å². The standard InChI is InChI=1S/C17H23NO3/c1-12-7-8-15(16(20)10-12)17(21)18-9-5-3-4-6-14(18)11-13(2)19/h7-8,10,14,20H,3-6,9,11H2,1-2H3. The number of carbonyl (C=O) groups excluding carboxylic acids is 2. The lowest BCUT2D eigenvalue weighted by molar-refractivity contribution is -0.118. The highest BCUT2D eigenvalue weighted by Gasteiger charge is 2.28. The van der Waals surface area contributed by atoms with E-state index in [9.17, 15) is 14.7 Å². The molecule has 1 fully saturated rings. The minimum Gasteiger partial charge on any atom is -0.507 e. The van der Waals surface area contributed by atoms with Gasteiger partial charge in [0.1, 0.15) is 11.5 Å². The number of amides is 1. The maximum absolute atomic E-state index is 12.7. The first-order valence-electron chi connectivity index (χ1n) is 7.59. The van der Waals surface area contributed by atoms with Crippen molar-refractivity contribution in [2.45, 2.75) is 52.0 Å². The highest BCUT2D eigenvalue weighted by atomic mass is 16.3. The first kappa shape index (κ1) is 15.5. The molecule has 1 aliphatic rings. The fraction of sp³-hybridized carbons (Fsp3) is 0.529. The lowest BCUT2D eigenvalue weighted by atomic mass is 10.0. The van der Waals surface area contributed by atoms with Crippen molar-refractivity contribution < 1.29 is 14.7 Å². The van der Waals surface area contributed by atoms with Crippen LogP contribution in [0, 0.1) is 6.92 Å². The first-order valence-corrected chi connectivity index (χ1v) is 7.59. The number of aryl methyl sites for hydroxylation is 1. The second kappa shape index (κ2) is 6.74. The maximum Gasteiger partial charge on any atom is 0.257 e. The van der Waals surface area contributed by atoms with Gasteiger partial charge in [-0.1, -0.05) is 18.9 Å². The van der Waals surface area contributed by atoms with E-state index in [4.69, 9.17) is 0 Å². The molecule has 1 aromatic carbocycles. The van der Waals surface area contributed by atoms with Gasteiger partial charge >= 0.3 is 0 Å². The van der Waals surface area contributed by atoms with Crippen molar-refractivity contribution >= 4 is 11.7 Å². The average Bonchev–Trinajstić information content (AvgIpc) is 2.63. The topological polar surface area (TPSA) is 57.6 Å². The zero-order valence-electron chi connectivity index (χ0n) is 12.8. The SMILES string of the molecule is CC(=O)CC1CCCCCN1C(=O)c1ccc(C)cc1O. The summed E-state index contributed by atoms with van der Waals surface area (Å²) in [4.78, 5) is 26.0. The number of rotatable bonds is 3. The molecule has 4 nitrogen and oxygen atoms in total. The van der Waals surface area contributed by atoms with Gasteiger partial charge in [-0.2, -0.15) is 0 Å². The average molecular weight is 289 g/mol. The van der Waals surface area contributed by atoms with E-state index in [1.807, 2.05) is 13.0 Å². The summed E-state index contributed by atoms with van der Waals surface area (Å²) in [5.41, 5.74) is 1.25. The zero-order chi connectivity index (χ0) is 15.4. The second-order valence-corrected chi connectivity index (χ2v) is 5.93. The van der Waals surface area contributed by atoms with Gasteiger partial charge < -0.3 is 10.0 Å². The fourth-order valence-corrected chi connectivity index (χ4v) is 2.97. The molecule has 0 aromatic heterocycles. The Balaban J connectivity index is 2.26.